The van der Waals surface area contributed by atoms with Crippen LogP contribution in [0.1, 0.15) is 64.1 Å². The van der Waals surface area contributed by atoms with Gasteiger partial charge in [0, 0.05) is 47.8 Å². The molecule has 1 amide bonds. The molecular weight excluding hydrogens is 545 g/mol. The van der Waals surface area contributed by atoms with E-state index in [9.17, 15) is 9.59 Å². The van der Waals surface area contributed by atoms with Crippen LogP contribution < -0.4 is 11.1 Å². The second kappa shape index (κ2) is 15.8. The molecule has 0 aliphatic carbocycles. The Balaban J connectivity index is 1.80. The van der Waals surface area contributed by atoms with Crippen molar-refractivity contribution in [2.75, 3.05) is 19.6 Å². The zero-order chi connectivity index (χ0) is 29.1. The summed E-state index contributed by atoms with van der Waals surface area (Å²) in [6.45, 7) is 8.22. The van der Waals surface area contributed by atoms with Crippen LogP contribution in [0.4, 0.5) is 0 Å². The first kappa shape index (κ1) is 31.6. The van der Waals surface area contributed by atoms with Gasteiger partial charge in [-0.05, 0) is 79.3 Å². The Kier molecular flexibility index (Phi) is 12.5. The molecule has 3 N–H and O–H groups in total. The van der Waals surface area contributed by atoms with Gasteiger partial charge >= 0.3 is 5.97 Å². The fraction of sp³-hybridized carbons (Fsp3) is 0.375. The number of carbonyl (C=O) groups is 2. The van der Waals surface area contributed by atoms with Crippen molar-refractivity contribution in [3.05, 3.63) is 105 Å². The minimum atomic E-state index is -0.648. The standard InChI is InChI=1S/C32H39Cl2N3O3/c1-4-11-37(12-5-2)31(38)25-13-22(3)14-26(18-25)32(39)40-30(21-36-20-23-9-7-6-8-10-23)29(35)17-24-15-27(33)19-28(34)16-24/h6-10,13-16,18-19,29-30,36H,4-5,11-12,17,20-21,35H2,1-3H3. The van der Waals surface area contributed by atoms with Gasteiger partial charge in [0.25, 0.3) is 5.91 Å². The van der Waals surface area contributed by atoms with E-state index in [-0.39, 0.29) is 5.91 Å². The number of esters is 1. The van der Waals surface area contributed by atoms with Crippen molar-refractivity contribution in [3.63, 3.8) is 0 Å². The number of hydrogen-bond donors (Lipinski definition) is 2. The number of halogens is 2. The molecule has 40 heavy (non-hydrogen) atoms. The number of hydrogen-bond acceptors (Lipinski definition) is 5. The molecule has 8 heteroatoms. The zero-order valence-electron chi connectivity index (χ0n) is 23.5. The first-order valence-electron chi connectivity index (χ1n) is 13.8. The highest BCUT2D eigenvalue weighted by Gasteiger charge is 2.25. The maximum absolute atomic E-state index is 13.4. The SMILES string of the molecule is CCCN(CCC)C(=O)c1cc(C)cc(C(=O)OC(CNCc2ccccc2)C(N)Cc2cc(Cl)cc(Cl)c2)c1. The van der Waals surface area contributed by atoms with Crippen molar-refractivity contribution >= 4 is 35.1 Å². The number of rotatable bonds is 14. The molecular formula is C32H39Cl2N3O3. The highest BCUT2D eigenvalue weighted by atomic mass is 35.5. The minimum Gasteiger partial charge on any atom is -0.456 e. The fourth-order valence-electron chi connectivity index (χ4n) is 4.63. The smallest absolute Gasteiger partial charge is 0.338 e. The van der Waals surface area contributed by atoms with E-state index in [4.69, 9.17) is 33.7 Å². The van der Waals surface area contributed by atoms with Crippen molar-refractivity contribution in [1.29, 1.82) is 0 Å². The average molecular weight is 585 g/mol. The summed E-state index contributed by atoms with van der Waals surface area (Å²) in [4.78, 5) is 28.5. The summed E-state index contributed by atoms with van der Waals surface area (Å²) in [5, 5.41) is 4.39. The van der Waals surface area contributed by atoms with E-state index in [0.29, 0.717) is 53.8 Å². The van der Waals surface area contributed by atoms with Crippen LogP contribution in [-0.2, 0) is 17.7 Å². The maximum atomic E-state index is 13.4. The molecule has 214 valence electrons. The lowest BCUT2D eigenvalue weighted by Gasteiger charge is -2.25. The number of amides is 1. The predicted molar refractivity (Wildman–Crippen MR) is 163 cm³/mol. The van der Waals surface area contributed by atoms with Crippen LogP contribution in [0, 0.1) is 6.92 Å². The van der Waals surface area contributed by atoms with Crippen LogP contribution in [0.5, 0.6) is 0 Å². The number of nitrogens with two attached hydrogens (primary N) is 1. The van der Waals surface area contributed by atoms with Gasteiger partial charge in [-0.2, -0.15) is 0 Å². The number of nitrogens with one attached hydrogen (secondary N) is 1. The number of carbonyl (C=O) groups excluding carboxylic acids is 2. The third-order valence-corrected chi connectivity index (χ3v) is 6.92. The summed E-state index contributed by atoms with van der Waals surface area (Å²) in [5.41, 5.74) is 10.2. The van der Waals surface area contributed by atoms with E-state index in [1.165, 1.54) is 0 Å². The lowest BCUT2D eigenvalue weighted by Crippen LogP contribution is -2.46. The lowest BCUT2D eigenvalue weighted by atomic mass is 10.0. The van der Waals surface area contributed by atoms with Crippen LogP contribution in [0.3, 0.4) is 0 Å². The predicted octanol–water partition coefficient (Wildman–Crippen LogP) is 6.45. The Labute approximate surface area is 247 Å². The number of nitrogens with zero attached hydrogens (tertiary/aromatic N) is 1. The summed E-state index contributed by atoms with van der Waals surface area (Å²) >= 11 is 12.4. The van der Waals surface area contributed by atoms with Gasteiger partial charge < -0.3 is 20.7 Å². The maximum Gasteiger partial charge on any atom is 0.338 e. The van der Waals surface area contributed by atoms with E-state index >= 15 is 0 Å². The highest BCUT2D eigenvalue weighted by Crippen LogP contribution is 2.21. The molecule has 0 aliphatic rings. The second-order valence-electron chi connectivity index (χ2n) is 10.1. The molecule has 6 nitrogen and oxygen atoms in total. The molecule has 3 rings (SSSR count). The molecule has 3 aromatic carbocycles. The summed E-state index contributed by atoms with van der Waals surface area (Å²) in [6.07, 6.45) is 1.48. The topological polar surface area (TPSA) is 84.7 Å². The van der Waals surface area contributed by atoms with Gasteiger partial charge in [-0.25, -0.2) is 4.79 Å². The van der Waals surface area contributed by atoms with E-state index in [1.807, 2.05) is 62.1 Å². The molecule has 0 spiro atoms. The van der Waals surface area contributed by atoms with Crippen LogP contribution >= 0.6 is 23.2 Å². The van der Waals surface area contributed by atoms with Crippen molar-refractivity contribution in [2.24, 2.45) is 5.73 Å². The Hall–Kier alpha value is -2.90. The van der Waals surface area contributed by atoms with E-state index in [1.54, 1.807) is 30.3 Å². The lowest BCUT2D eigenvalue weighted by molar-refractivity contribution is 0.0238. The van der Waals surface area contributed by atoms with Crippen molar-refractivity contribution < 1.29 is 14.3 Å². The second-order valence-corrected chi connectivity index (χ2v) is 11.0. The van der Waals surface area contributed by atoms with Gasteiger partial charge in [-0.15, -0.1) is 0 Å². The average Bonchev–Trinajstić information content (AvgIpc) is 2.91. The summed E-state index contributed by atoms with van der Waals surface area (Å²) in [6, 6.07) is 19.9. The monoisotopic (exact) mass is 583 g/mol. The van der Waals surface area contributed by atoms with E-state index < -0.39 is 18.1 Å². The van der Waals surface area contributed by atoms with Gasteiger partial charge in [0.2, 0.25) is 0 Å². The molecule has 3 aromatic rings. The Morgan fingerprint density at radius 1 is 0.900 bits per heavy atom. The molecule has 0 fully saturated rings. The largest absolute Gasteiger partial charge is 0.456 e. The molecule has 0 saturated carbocycles. The molecule has 2 unspecified atom stereocenters. The van der Waals surface area contributed by atoms with Crippen molar-refractivity contribution in [3.8, 4) is 0 Å². The summed E-state index contributed by atoms with van der Waals surface area (Å²) in [7, 11) is 0. The minimum absolute atomic E-state index is 0.0861. The Morgan fingerprint density at radius 2 is 1.52 bits per heavy atom. The van der Waals surface area contributed by atoms with Gasteiger partial charge in [-0.3, -0.25) is 4.79 Å². The molecule has 0 bridgehead atoms. The third-order valence-electron chi connectivity index (χ3n) is 6.48. The normalized spacial score (nSPS) is 12.6. The summed E-state index contributed by atoms with van der Waals surface area (Å²) < 4.78 is 6.00. The molecule has 0 aliphatic heterocycles. The van der Waals surface area contributed by atoms with Gasteiger partial charge in [0.1, 0.15) is 6.10 Å². The van der Waals surface area contributed by atoms with Crippen LogP contribution in [-0.4, -0.2) is 48.6 Å². The Bertz CT molecular complexity index is 1240. The van der Waals surface area contributed by atoms with E-state index in [2.05, 4.69) is 5.32 Å². The third kappa shape index (κ3) is 9.63. The van der Waals surface area contributed by atoms with Crippen molar-refractivity contribution in [1.82, 2.24) is 10.2 Å². The highest BCUT2D eigenvalue weighted by molar-refractivity contribution is 6.34. The van der Waals surface area contributed by atoms with E-state index in [0.717, 1.165) is 29.5 Å². The number of benzene rings is 3. The molecule has 2 atom stereocenters. The molecule has 0 saturated heterocycles. The quantitative estimate of drug-likeness (QED) is 0.213. The van der Waals surface area contributed by atoms with Gasteiger partial charge in [0.15, 0.2) is 0 Å². The summed E-state index contributed by atoms with van der Waals surface area (Å²) in [5.74, 6) is -0.613. The molecule has 0 heterocycles. The Morgan fingerprint density at radius 3 is 2.15 bits per heavy atom. The fourth-order valence-corrected chi connectivity index (χ4v) is 5.21. The van der Waals surface area contributed by atoms with Gasteiger partial charge in [-0.1, -0.05) is 67.4 Å². The first-order valence-corrected chi connectivity index (χ1v) is 14.5. The molecule has 0 radical (unpaired) electrons. The van der Waals surface area contributed by atoms with Crippen molar-refractivity contribution in [2.45, 2.75) is 58.7 Å². The molecule has 0 aromatic heterocycles. The zero-order valence-corrected chi connectivity index (χ0v) is 25.0. The van der Waals surface area contributed by atoms with Crippen LogP contribution in [0.2, 0.25) is 10.0 Å². The first-order chi connectivity index (χ1) is 19.2. The number of aryl methyl sites for hydroxylation is 1. The van der Waals surface area contributed by atoms with Gasteiger partial charge in [0.05, 0.1) is 5.56 Å². The van der Waals surface area contributed by atoms with Crippen LogP contribution in [0.25, 0.3) is 0 Å². The van der Waals surface area contributed by atoms with Crippen LogP contribution in [0.15, 0.2) is 66.7 Å². The number of ether oxygens (including phenoxy) is 1.